The van der Waals surface area contributed by atoms with Gasteiger partial charge in [0, 0.05) is 60.8 Å². The zero-order valence-corrected chi connectivity index (χ0v) is 20.3. The van der Waals surface area contributed by atoms with Gasteiger partial charge in [-0.3, -0.25) is 9.20 Å². The van der Waals surface area contributed by atoms with E-state index in [1.54, 1.807) is 0 Å². The van der Waals surface area contributed by atoms with Crippen molar-refractivity contribution in [3.05, 3.63) is 11.6 Å². The van der Waals surface area contributed by atoms with Gasteiger partial charge in [0.1, 0.15) is 11.6 Å². The average Bonchev–Trinajstić information content (AvgIpc) is 2.93. The van der Waals surface area contributed by atoms with Crippen LogP contribution in [0.1, 0.15) is 63.5 Å². The van der Waals surface area contributed by atoms with E-state index in [2.05, 4.69) is 30.4 Å². The van der Waals surface area contributed by atoms with E-state index in [9.17, 15) is 4.21 Å². The van der Waals surface area contributed by atoms with Crippen molar-refractivity contribution >= 4 is 40.7 Å². The van der Waals surface area contributed by atoms with Crippen LogP contribution in [0.2, 0.25) is 0 Å². The lowest BCUT2D eigenvalue weighted by Gasteiger charge is -2.30. The van der Waals surface area contributed by atoms with Crippen LogP contribution in [-0.2, 0) is 30.2 Å². The van der Waals surface area contributed by atoms with Gasteiger partial charge in [-0.2, -0.15) is 0 Å². The Morgan fingerprint density at radius 3 is 2.89 bits per heavy atom. The number of fused-ring (bicyclic) bond motifs is 1. The Balaban J connectivity index is 0.00000280. The highest BCUT2D eigenvalue weighted by Gasteiger charge is 2.26. The summed E-state index contributed by atoms with van der Waals surface area (Å²) in [5, 5.41) is 16.0. The van der Waals surface area contributed by atoms with Gasteiger partial charge < -0.3 is 15.2 Å². The molecule has 3 unspecified atom stereocenters. The molecule has 1 fully saturated rings. The maximum Gasteiger partial charge on any atom is 0.191 e. The molecule has 1 aliphatic heterocycles. The normalized spacial score (nSPS) is 23.9. The van der Waals surface area contributed by atoms with E-state index in [4.69, 9.17) is 0 Å². The Bertz CT molecular complexity index is 665. The number of rotatable bonds is 6. The van der Waals surface area contributed by atoms with E-state index in [0.717, 1.165) is 75.0 Å². The van der Waals surface area contributed by atoms with E-state index in [1.165, 1.54) is 19.3 Å². The van der Waals surface area contributed by atoms with E-state index < -0.39 is 10.8 Å². The van der Waals surface area contributed by atoms with Crippen LogP contribution in [0.3, 0.4) is 0 Å². The fraction of sp³-hybridized carbons (Fsp3) is 0.842. The Labute approximate surface area is 188 Å². The van der Waals surface area contributed by atoms with Crippen molar-refractivity contribution in [3.8, 4) is 0 Å². The molecule has 0 spiro atoms. The number of aliphatic imine (C=N–C) groups is 1. The lowest BCUT2D eigenvalue weighted by atomic mass is 9.95. The van der Waals surface area contributed by atoms with E-state index in [1.807, 2.05) is 14.0 Å². The second kappa shape index (κ2) is 12.1. The van der Waals surface area contributed by atoms with Crippen LogP contribution in [0.5, 0.6) is 0 Å². The summed E-state index contributed by atoms with van der Waals surface area (Å²) in [6.45, 7) is 3.84. The Hall–Kier alpha value is -0.710. The summed E-state index contributed by atoms with van der Waals surface area (Å²) in [5.41, 5.74) is 0. The number of guanidine groups is 1. The van der Waals surface area contributed by atoms with Crippen LogP contribution in [0, 0.1) is 0 Å². The summed E-state index contributed by atoms with van der Waals surface area (Å²) in [4.78, 5) is 4.37. The van der Waals surface area contributed by atoms with Gasteiger partial charge in [-0.1, -0.05) is 19.8 Å². The molecule has 3 atom stereocenters. The number of nitrogens with zero attached hydrogens (tertiary/aromatic N) is 4. The fourth-order valence-corrected chi connectivity index (χ4v) is 5.51. The predicted molar refractivity (Wildman–Crippen MR) is 126 cm³/mol. The highest BCUT2D eigenvalue weighted by Crippen LogP contribution is 2.23. The van der Waals surface area contributed by atoms with Crippen LogP contribution < -0.4 is 10.6 Å². The molecule has 2 heterocycles. The van der Waals surface area contributed by atoms with Gasteiger partial charge >= 0.3 is 0 Å². The minimum Gasteiger partial charge on any atom is -0.356 e. The van der Waals surface area contributed by atoms with E-state index in [-0.39, 0.29) is 24.0 Å². The van der Waals surface area contributed by atoms with Crippen LogP contribution in [0.4, 0.5) is 0 Å². The molecule has 28 heavy (non-hydrogen) atoms. The van der Waals surface area contributed by atoms with Gasteiger partial charge in [0.2, 0.25) is 0 Å². The summed E-state index contributed by atoms with van der Waals surface area (Å²) in [6, 6.07) is 0.356. The lowest BCUT2D eigenvalue weighted by Crippen LogP contribution is -2.47. The molecule has 0 saturated heterocycles. The molecular formula is C19H35IN6OS. The number of halogens is 1. The summed E-state index contributed by atoms with van der Waals surface area (Å²) < 4.78 is 14.4. The van der Waals surface area contributed by atoms with Crippen molar-refractivity contribution in [1.82, 2.24) is 25.4 Å². The molecule has 1 saturated carbocycles. The maximum atomic E-state index is 12.1. The Morgan fingerprint density at radius 1 is 1.25 bits per heavy atom. The first-order chi connectivity index (χ1) is 13.2. The zero-order valence-electron chi connectivity index (χ0n) is 17.2. The Kier molecular flexibility index (Phi) is 10.2. The van der Waals surface area contributed by atoms with Crippen molar-refractivity contribution in [2.45, 2.75) is 82.5 Å². The highest BCUT2D eigenvalue weighted by molar-refractivity contribution is 14.0. The average molecular weight is 523 g/mol. The van der Waals surface area contributed by atoms with Gasteiger partial charge in [-0.05, 0) is 32.1 Å². The molecule has 3 rings (SSSR count). The molecule has 9 heteroatoms. The monoisotopic (exact) mass is 522 g/mol. The second-order valence-corrected chi connectivity index (χ2v) is 9.55. The molecule has 1 aromatic heterocycles. The minimum absolute atomic E-state index is 0. The van der Waals surface area contributed by atoms with Crippen molar-refractivity contribution in [1.29, 1.82) is 0 Å². The lowest BCUT2D eigenvalue weighted by molar-refractivity contribution is 0.413. The summed E-state index contributed by atoms with van der Waals surface area (Å²) in [5.74, 6) is 3.80. The van der Waals surface area contributed by atoms with Crippen LogP contribution in [-0.4, -0.2) is 55.6 Å². The molecule has 0 aromatic carbocycles. The number of hydrogen-bond donors (Lipinski definition) is 2. The SMILES string of the molecule is CCS(=O)C1CCCC(NC(=NC)NCCc2nnc3n2CCCCC3)C1.I. The maximum absolute atomic E-state index is 12.1. The van der Waals surface area contributed by atoms with Crippen molar-refractivity contribution in [2.24, 2.45) is 4.99 Å². The summed E-state index contributed by atoms with van der Waals surface area (Å²) in [6.07, 6.45) is 9.93. The van der Waals surface area contributed by atoms with Gasteiger partial charge in [-0.25, -0.2) is 0 Å². The predicted octanol–water partition coefficient (Wildman–Crippen LogP) is 2.41. The molecule has 160 valence electrons. The molecule has 7 nitrogen and oxygen atoms in total. The van der Waals surface area contributed by atoms with E-state index >= 15 is 0 Å². The second-order valence-electron chi connectivity index (χ2n) is 7.54. The molecule has 2 N–H and O–H groups in total. The molecule has 1 aromatic rings. The topological polar surface area (TPSA) is 84.2 Å². The van der Waals surface area contributed by atoms with Gasteiger partial charge in [-0.15, -0.1) is 34.2 Å². The first-order valence-corrected chi connectivity index (χ1v) is 11.8. The Morgan fingerprint density at radius 2 is 2.11 bits per heavy atom. The smallest absolute Gasteiger partial charge is 0.191 e. The minimum atomic E-state index is -0.698. The fourth-order valence-electron chi connectivity index (χ4n) is 4.16. The highest BCUT2D eigenvalue weighted by atomic mass is 127. The zero-order chi connectivity index (χ0) is 19.1. The third kappa shape index (κ3) is 6.40. The molecule has 0 radical (unpaired) electrons. The van der Waals surface area contributed by atoms with Gasteiger partial charge in [0.15, 0.2) is 5.96 Å². The number of hydrogen-bond acceptors (Lipinski definition) is 4. The number of aromatic nitrogens is 3. The first-order valence-electron chi connectivity index (χ1n) is 10.5. The molecule has 0 amide bonds. The van der Waals surface area contributed by atoms with E-state index in [0.29, 0.717) is 11.3 Å². The molecule has 1 aliphatic carbocycles. The van der Waals surface area contributed by atoms with Crippen molar-refractivity contribution < 1.29 is 4.21 Å². The standard InChI is InChI=1S/C19H34N6OS.HI/c1-3-27(26)16-9-7-8-15(14-16)22-19(20-2)21-12-11-18-24-23-17-10-5-4-6-13-25(17)18;/h15-16H,3-14H2,1-2H3,(H2,20,21,22);1H. The summed E-state index contributed by atoms with van der Waals surface area (Å²) >= 11 is 0. The number of aryl methyl sites for hydroxylation is 1. The van der Waals surface area contributed by atoms with Crippen LogP contribution in [0.15, 0.2) is 4.99 Å². The first kappa shape index (κ1) is 23.6. The third-order valence-electron chi connectivity index (χ3n) is 5.67. The van der Waals surface area contributed by atoms with Crippen LogP contribution >= 0.6 is 24.0 Å². The van der Waals surface area contributed by atoms with Gasteiger partial charge in [0.05, 0.1) is 0 Å². The number of nitrogens with one attached hydrogen (secondary N) is 2. The molecule has 0 bridgehead atoms. The molecule has 2 aliphatic rings. The largest absolute Gasteiger partial charge is 0.356 e. The third-order valence-corrected chi connectivity index (χ3v) is 7.41. The molecular weight excluding hydrogens is 487 g/mol. The summed E-state index contributed by atoms with van der Waals surface area (Å²) in [7, 11) is 1.11. The van der Waals surface area contributed by atoms with Crippen LogP contribution in [0.25, 0.3) is 0 Å². The van der Waals surface area contributed by atoms with Gasteiger partial charge in [0.25, 0.3) is 0 Å². The quantitative estimate of drug-likeness (QED) is 0.341. The van der Waals surface area contributed by atoms with Crippen molar-refractivity contribution in [2.75, 3.05) is 19.3 Å². The van der Waals surface area contributed by atoms with Crippen molar-refractivity contribution in [3.63, 3.8) is 0 Å².